The van der Waals surface area contributed by atoms with Crippen molar-refractivity contribution in [3.63, 3.8) is 0 Å². The maximum absolute atomic E-state index is 12.8. The minimum atomic E-state index is -3.70. The van der Waals surface area contributed by atoms with Crippen molar-refractivity contribution in [2.75, 3.05) is 26.0 Å². The van der Waals surface area contributed by atoms with Gasteiger partial charge in [-0.2, -0.15) is 0 Å². The van der Waals surface area contributed by atoms with Crippen LogP contribution in [-0.2, 0) is 18.6 Å². The predicted molar refractivity (Wildman–Crippen MR) is 89.1 cm³/mol. The average molecular weight is 344 g/mol. The minimum absolute atomic E-state index is 0.0222. The van der Waals surface area contributed by atoms with Gasteiger partial charge in [0, 0.05) is 5.69 Å². The van der Waals surface area contributed by atoms with Gasteiger partial charge in [0.2, 0.25) is 0 Å². The van der Waals surface area contributed by atoms with Gasteiger partial charge in [0.05, 0.1) is 13.7 Å². The third kappa shape index (κ3) is 8.02. The highest BCUT2D eigenvalue weighted by molar-refractivity contribution is 7.52. The molecule has 0 spiro atoms. The molecule has 130 valence electrons. The number of esters is 1. The van der Waals surface area contributed by atoms with E-state index in [4.69, 9.17) is 14.8 Å². The van der Waals surface area contributed by atoms with Crippen LogP contribution < -0.4 is 15.3 Å². The molecule has 0 amide bonds. The van der Waals surface area contributed by atoms with E-state index in [0.717, 1.165) is 0 Å². The van der Waals surface area contributed by atoms with Crippen LogP contribution >= 0.6 is 7.75 Å². The van der Waals surface area contributed by atoms with Crippen LogP contribution in [0.25, 0.3) is 0 Å². The lowest BCUT2D eigenvalue weighted by atomic mass is 9.93. The van der Waals surface area contributed by atoms with E-state index in [1.807, 2.05) is 20.8 Å². The number of hydrogen-bond acceptors (Lipinski definition) is 6. The SMILES string of the molecule is COC(=O)CNP(=O)(OCCC(C)(C)C)Oc1ccc(N)cc1. The molecule has 0 aliphatic carbocycles. The summed E-state index contributed by atoms with van der Waals surface area (Å²) in [4.78, 5) is 11.3. The molecule has 0 heterocycles. The summed E-state index contributed by atoms with van der Waals surface area (Å²) in [6.07, 6.45) is 0.683. The quantitative estimate of drug-likeness (QED) is 0.425. The number of methoxy groups -OCH3 is 1. The topological polar surface area (TPSA) is 99.9 Å². The third-order valence-corrected chi connectivity index (χ3v) is 4.38. The van der Waals surface area contributed by atoms with Crippen LogP contribution in [0, 0.1) is 5.41 Å². The number of nitrogens with one attached hydrogen (secondary N) is 1. The zero-order chi connectivity index (χ0) is 17.5. The first-order valence-electron chi connectivity index (χ1n) is 7.25. The molecule has 0 saturated carbocycles. The monoisotopic (exact) mass is 344 g/mol. The van der Waals surface area contributed by atoms with Crippen molar-refractivity contribution in [2.24, 2.45) is 5.41 Å². The highest BCUT2D eigenvalue weighted by Crippen LogP contribution is 2.44. The van der Waals surface area contributed by atoms with E-state index in [-0.39, 0.29) is 18.6 Å². The molecule has 0 aliphatic heterocycles. The molecule has 0 radical (unpaired) electrons. The number of benzene rings is 1. The average Bonchev–Trinajstić information content (AvgIpc) is 2.46. The molecule has 0 bridgehead atoms. The van der Waals surface area contributed by atoms with Crippen LogP contribution in [0.4, 0.5) is 5.69 Å². The Morgan fingerprint density at radius 2 is 1.87 bits per heavy atom. The number of carbonyl (C=O) groups is 1. The number of nitrogens with two attached hydrogens (primary N) is 1. The summed E-state index contributed by atoms with van der Waals surface area (Å²) in [6, 6.07) is 6.40. The fourth-order valence-corrected chi connectivity index (χ4v) is 2.74. The second-order valence-electron chi connectivity index (χ2n) is 6.21. The van der Waals surface area contributed by atoms with Crippen LogP contribution in [0.1, 0.15) is 27.2 Å². The Balaban J connectivity index is 2.75. The third-order valence-electron chi connectivity index (χ3n) is 2.86. The summed E-state index contributed by atoms with van der Waals surface area (Å²) in [6.45, 7) is 6.08. The van der Waals surface area contributed by atoms with Crippen molar-refractivity contribution in [3.05, 3.63) is 24.3 Å². The van der Waals surface area contributed by atoms with Crippen LogP contribution in [-0.4, -0.2) is 26.2 Å². The molecule has 7 nitrogen and oxygen atoms in total. The molecule has 0 fully saturated rings. The Kier molecular flexibility index (Phi) is 7.06. The van der Waals surface area contributed by atoms with E-state index in [1.54, 1.807) is 24.3 Å². The first-order chi connectivity index (χ1) is 10.6. The van der Waals surface area contributed by atoms with Gasteiger partial charge < -0.3 is 15.0 Å². The second kappa shape index (κ2) is 8.34. The molecule has 1 rings (SSSR count). The Morgan fingerprint density at radius 1 is 1.26 bits per heavy atom. The predicted octanol–water partition coefficient (Wildman–Crippen LogP) is 2.97. The standard InChI is InChI=1S/C15H25N2O5P/c1-15(2,3)9-10-21-23(19,17-11-14(18)20-4)22-13-7-5-12(16)6-8-13/h5-8H,9-11,16H2,1-4H3,(H,17,19). The minimum Gasteiger partial charge on any atom is -0.468 e. The Bertz CT molecular complexity index is 554. The fourth-order valence-electron chi connectivity index (χ4n) is 1.48. The first-order valence-corrected chi connectivity index (χ1v) is 8.79. The Hall–Kier alpha value is -1.56. The van der Waals surface area contributed by atoms with Crippen molar-refractivity contribution >= 4 is 19.4 Å². The van der Waals surface area contributed by atoms with Crippen LogP contribution in [0.5, 0.6) is 5.75 Å². The summed E-state index contributed by atoms with van der Waals surface area (Å²) in [5, 5.41) is 2.50. The fraction of sp³-hybridized carbons (Fsp3) is 0.533. The molecule has 0 aromatic heterocycles. The van der Waals surface area contributed by atoms with Crippen molar-refractivity contribution in [2.45, 2.75) is 27.2 Å². The summed E-state index contributed by atoms with van der Waals surface area (Å²) in [5.74, 6) is -0.235. The zero-order valence-corrected chi connectivity index (χ0v) is 14.9. The summed E-state index contributed by atoms with van der Waals surface area (Å²) >= 11 is 0. The lowest BCUT2D eigenvalue weighted by molar-refractivity contribution is -0.139. The Morgan fingerprint density at radius 3 is 2.39 bits per heavy atom. The van der Waals surface area contributed by atoms with Gasteiger partial charge in [0.15, 0.2) is 0 Å². The number of ether oxygens (including phenoxy) is 1. The molecular weight excluding hydrogens is 319 g/mol. The number of nitrogen functional groups attached to an aromatic ring is 1. The molecule has 1 atom stereocenters. The van der Waals surface area contributed by atoms with Gasteiger partial charge in [-0.3, -0.25) is 9.32 Å². The number of anilines is 1. The van der Waals surface area contributed by atoms with E-state index < -0.39 is 13.7 Å². The summed E-state index contributed by atoms with van der Waals surface area (Å²) in [7, 11) is -2.45. The number of rotatable bonds is 8. The van der Waals surface area contributed by atoms with E-state index in [1.165, 1.54) is 7.11 Å². The molecule has 3 N–H and O–H groups in total. The summed E-state index contributed by atoms with van der Waals surface area (Å²) in [5.41, 5.74) is 6.18. The van der Waals surface area contributed by atoms with E-state index in [0.29, 0.717) is 17.9 Å². The largest absolute Gasteiger partial charge is 0.468 e. The molecule has 0 aliphatic rings. The van der Waals surface area contributed by atoms with Crippen molar-refractivity contribution in [1.29, 1.82) is 0 Å². The normalized spacial score (nSPS) is 14.1. The summed E-state index contributed by atoms with van der Waals surface area (Å²) < 4.78 is 28.1. The molecule has 8 heteroatoms. The maximum Gasteiger partial charge on any atom is 0.459 e. The van der Waals surface area contributed by atoms with Crippen LogP contribution in [0.3, 0.4) is 0 Å². The van der Waals surface area contributed by atoms with Crippen molar-refractivity contribution in [1.82, 2.24) is 5.09 Å². The smallest absolute Gasteiger partial charge is 0.459 e. The second-order valence-corrected chi connectivity index (χ2v) is 7.96. The van der Waals surface area contributed by atoms with E-state index >= 15 is 0 Å². The molecule has 23 heavy (non-hydrogen) atoms. The van der Waals surface area contributed by atoms with Crippen LogP contribution in [0.15, 0.2) is 24.3 Å². The van der Waals surface area contributed by atoms with E-state index in [2.05, 4.69) is 9.82 Å². The van der Waals surface area contributed by atoms with Gasteiger partial charge in [0.1, 0.15) is 12.3 Å². The first kappa shape index (κ1) is 19.5. The van der Waals surface area contributed by atoms with Crippen LogP contribution in [0.2, 0.25) is 0 Å². The number of carbonyl (C=O) groups excluding carboxylic acids is 1. The van der Waals surface area contributed by atoms with Gasteiger partial charge in [-0.25, -0.2) is 9.65 Å². The van der Waals surface area contributed by atoms with Gasteiger partial charge in [0.25, 0.3) is 0 Å². The van der Waals surface area contributed by atoms with Crippen molar-refractivity contribution in [3.8, 4) is 5.75 Å². The number of hydrogen-bond donors (Lipinski definition) is 2. The molecule has 1 aromatic rings. The molecule has 1 aromatic carbocycles. The lowest BCUT2D eigenvalue weighted by Gasteiger charge is -2.22. The van der Waals surface area contributed by atoms with Gasteiger partial charge in [-0.05, 0) is 36.1 Å². The highest BCUT2D eigenvalue weighted by Gasteiger charge is 2.28. The molecular formula is C15H25N2O5P. The highest BCUT2D eigenvalue weighted by atomic mass is 31.2. The van der Waals surface area contributed by atoms with Gasteiger partial charge in [-0.1, -0.05) is 20.8 Å². The zero-order valence-electron chi connectivity index (χ0n) is 14.0. The maximum atomic E-state index is 12.8. The van der Waals surface area contributed by atoms with Gasteiger partial charge >= 0.3 is 13.7 Å². The Labute approximate surface area is 137 Å². The van der Waals surface area contributed by atoms with Gasteiger partial charge in [-0.15, -0.1) is 0 Å². The molecule has 1 unspecified atom stereocenters. The van der Waals surface area contributed by atoms with Crippen molar-refractivity contribution < 1.29 is 23.1 Å². The molecule has 0 saturated heterocycles. The van der Waals surface area contributed by atoms with E-state index in [9.17, 15) is 9.36 Å². The lowest BCUT2D eigenvalue weighted by Crippen LogP contribution is -2.25.